The van der Waals surface area contributed by atoms with E-state index in [9.17, 15) is 0 Å². The second kappa shape index (κ2) is 2.94. The van der Waals surface area contributed by atoms with Gasteiger partial charge in [-0.25, -0.2) is 0 Å². The molecule has 1 saturated carbocycles. The first-order chi connectivity index (χ1) is 5.79. The molecule has 2 unspecified atom stereocenters. The van der Waals surface area contributed by atoms with Crippen molar-refractivity contribution in [3.05, 3.63) is 5.89 Å². The molecule has 0 saturated heterocycles. The van der Waals surface area contributed by atoms with E-state index in [1.54, 1.807) is 0 Å². The molecule has 0 radical (unpaired) electrons. The van der Waals surface area contributed by atoms with Crippen LogP contribution in [-0.2, 0) is 5.88 Å². The van der Waals surface area contributed by atoms with Crippen molar-refractivity contribution < 1.29 is 4.42 Å². The summed E-state index contributed by atoms with van der Waals surface area (Å²) in [5.41, 5.74) is 0. The lowest BCUT2D eigenvalue weighted by Gasteiger charge is -1.94. The minimum absolute atomic E-state index is 0.273. The quantitative estimate of drug-likeness (QED) is 0.731. The predicted molar refractivity (Wildman–Crippen MR) is 45.0 cm³/mol. The highest BCUT2D eigenvalue weighted by atomic mass is 35.5. The van der Waals surface area contributed by atoms with Crippen molar-refractivity contribution in [3.8, 4) is 0 Å². The fourth-order valence-electron chi connectivity index (χ4n) is 1.05. The number of nitrogens with one attached hydrogen (secondary N) is 1. The van der Waals surface area contributed by atoms with Crippen LogP contribution in [0.15, 0.2) is 4.42 Å². The van der Waals surface area contributed by atoms with Crippen LogP contribution in [0.25, 0.3) is 0 Å². The fraction of sp³-hybridized carbons (Fsp3) is 0.714. The summed E-state index contributed by atoms with van der Waals surface area (Å²) in [5.74, 6) is 1.46. The molecule has 1 N–H and O–H groups in total. The number of anilines is 1. The normalized spacial score (nSPS) is 27.2. The maximum absolute atomic E-state index is 5.50. The largest absolute Gasteiger partial charge is 0.407 e. The van der Waals surface area contributed by atoms with Crippen LogP contribution in [0.4, 0.5) is 6.01 Å². The van der Waals surface area contributed by atoms with Gasteiger partial charge in [0.2, 0.25) is 5.89 Å². The van der Waals surface area contributed by atoms with Gasteiger partial charge in [-0.05, 0) is 12.3 Å². The van der Waals surface area contributed by atoms with Crippen LogP contribution in [0.2, 0.25) is 0 Å². The number of alkyl halides is 1. The van der Waals surface area contributed by atoms with E-state index in [4.69, 9.17) is 16.0 Å². The molecule has 1 aliphatic carbocycles. The average molecular weight is 188 g/mol. The molecular weight excluding hydrogens is 178 g/mol. The van der Waals surface area contributed by atoms with Gasteiger partial charge in [-0.1, -0.05) is 12.0 Å². The molecule has 2 atom stereocenters. The minimum Gasteiger partial charge on any atom is -0.407 e. The van der Waals surface area contributed by atoms with Crippen LogP contribution >= 0.6 is 11.6 Å². The van der Waals surface area contributed by atoms with E-state index in [2.05, 4.69) is 22.4 Å². The van der Waals surface area contributed by atoms with E-state index < -0.39 is 0 Å². The Labute approximate surface area is 75.3 Å². The fourth-order valence-corrected chi connectivity index (χ4v) is 1.16. The molecule has 0 aliphatic heterocycles. The number of halogens is 1. The third-order valence-electron chi connectivity index (χ3n) is 2.00. The van der Waals surface area contributed by atoms with Gasteiger partial charge >= 0.3 is 6.01 Å². The highest BCUT2D eigenvalue weighted by molar-refractivity contribution is 6.16. The summed E-state index contributed by atoms with van der Waals surface area (Å²) in [7, 11) is 0. The Morgan fingerprint density at radius 1 is 1.67 bits per heavy atom. The molecule has 1 aromatic heterocycles. The molecule has 1 aliphatic rings. The molecule has 66 valence electrons. The number of hydrogen-bond donors (Lipinski definition) is 1. The molecule has 12 heavy (non-hydrogen) atoms. The number of nitrogens with zero attached hydrogens (tertiary/aromatic N) is 2. The summed E-state index contributed by atoms with van der Waals surface area (Å²) < 4.78 is 5.17. The first-order valence-electron chi connectivity index (χ1n) is 3.94. The molecule has 1 aromatic rings. The zero-order valence-corrected chi connectivity index (χ0v) is 7.51. The molecule has 2 rings (SSSR count). The first-order valence-corrected chi connectivity index (χ1v) is 4.48. The first kappa shape index (κ1) is 7.86. The summed E-state index contributed by atoms with van der Waals surface area (Å²) in [5, 5.41) is 10.6. The predicted octanol–water partition coefficient (Wildman–Crippen LogP) is 1.63. The minimum atomic E-state index is 0.273. The molecule has 5 heteroatoms. The maximum Gasteiger partial charge on any atom is 0.315 e. The van der Waals surface area contributed by atoms with E-state index >= 15 is 0 Å². The second-order valence-electron chi connectivity index (χ2n) is 3.10. The summed E-state index contributed by atoms with van der Waals surface area (Å²) in [6.45, 7) is 2.18. The molecule has 0 amide bonds. The van der Waals surface area contributed by atoms with Crippen molar-refractivity contribution in [1.29, 1.82) is 0 Å². The summed E-state index contributed by atoms with van der Waals surface area (Å²) in [4.78, 5) is 0. The third kappa shape index (κ3) is 1.53. The Balaban J connectivity index is 1.95. The Morgan fingerprint density at radius 3 is 2.92 bits per heavy atom. The second-order valence-corrected chi connectivity index (χ2v) is 3.37. The van der Waals surface area contributed by atoms with Gasteiger partial charge in [0.25, 0.3) is 0 Å². The number of aromatic nitrogens is 2. The van der Waals surface area contributed by atoms with Gasteiger partial charge < -0.3 is 9.73 Å². The molecular formula is C7H10ClN3O. The van der Waals surface area contributed by atoms with E-state index in [0.717, 1.165) is 5.92 Å². The van der Waals surface area contributed by atoms with Crippen LogP contribution in [0.3, 0.4) is 0 Å². The van der Waals surface area contributed by atoms with Crippen LogP contribution in [0, 0.1) is 5.92 Å². The van der Waals surface area contributed by atoms with Crippen molar-refractivity contribution in [2.45, 2.75) is 25.3 Å². The molecule has 1 fully saturated rings. The van der Waals surface area contributed by atoms with E-state index in [0.29, 0.717) is 17.9 Å². The SMILES string of the molecule is CC1CC1Nc1nnc(CCl)o1. The van der Waals surface area contributed by atoms with Gasteiger partial charge in [0, 0.05) is 6.04 Å². The van der Waals surface area contributed by atoms with Gasteiger partial charge in [-0.3, -0.25) is 0 Å². The van der Waals surface area contributed by atoms with E-state index in [1.807, 2.05) is 0 Å². The van der Waals surface area contributed by atoms with Gasteiger partial charge in [-0.2, -0.15) is 0 Å². The summed E-state index contributed by atoms with van der Waals surface area (Å²) >= 11 is 5.50. The monoisotopic (exact) mass is 187 g/mol. The lowest BCUT2D eigenvalue weighted by molar-refractivity contribution is 0.524. The highest BCUT2D eigenvalue weighted by Gasteiger charge is 2.33. The summed E-state index contributed by atoms with van der Waals surface area (Å²) in [6, 6.07) is 0.994. The Kier molecular flexibility index (Phi) is 1.92. The summed E-state index contributed by atoms with van der Waals surface area (Å²) in [6.07, 6.45) is 1.18. The molecule has 0 bridgehead atoms. The van der Waals surface area contributed by atoms with E-state index in [-0.39, 0.29) is 5.88 Å². The smallest absolute Gasteiger partial charge is 0.315 e. The van der Waals surface area contributed by atoms with Gasteiger partial charge in [-0.15, -0.1) is 16.7 Å². The van der Waals surface area contributed by atoms with E-state index in [1.165, 1.54) is 6.42 Å². The average Bonchev–Trinajstić information content (AvgIpc) is 2.61. The van der Waals surface area contributed by atoms with Crippen LogP contribution in [-0.4, -0.2) is 16.2 Å². The topological polar surface area (TPSA) is 51.0 Å². The van der Waals surface area contributed by atoms with Gasteiger partial charge in [0.15, 0.2) is 0 Å². The zero-order chi connectivity index (χ0) is 8.55. The van der Waals surface area contributed by atoms with Crippen molar-refractivity contribution in [3.63, 3.8) is 0 Å². The standard InChI is InChI=1S/C7H10ClN3O/c1-4-2-5(4)9-7-11-10-6(3-8)12-7/h4-5H,2-3H2,1H3,(H,9,11). The third-order valence-corrected chi connectivity index (χ3v) is 2.23. The maximum atomic E-state index is 5.50. The van der Waals surface area contributed by atoms with Crippen molar-refractivity contribution in [1.82, 2.24) is 10.2 Å². The van der Waals surface area contributed by atoms with Crippen LogP contribution < -0.4 is 5.32 Å². The Morgan fingerprint density at radius 2 is 2.42 bits per heavy atom. The Hall–Kier alpha value is -0.770. The van der Waals surface area contributed by atoms with Gasteiger partial charge in [0.05, 0.1) is 0 Å². The zero-order valence-electron chi connectivity index (χ0n) is 6.75. The molecule has 0 aromatic carbocycles. The molecule has 0 spiro atoms. The van der Waals surface area contributed by atoms with Crippen LogP contribution in [0.1, 0.15) is 19.2 Å². The molecule has 4 nitrogen and oxygen atoms in total. The van der Waals surface area contributed by atoms with Crippen molar-refractivity contribution in [2.75, 3.05) is 5.32 Å². The Bertz CT molecular complexity index is 275. The van der Waals surface area contributed by atoms with Gasteiger partial charge in [0.1, 0.15) is 5.88 Å². The number of rotatable bonds is 3. The lowest BCUT2D eigenvalue weighted by Crippen LogP contribution is -2.03. The highest BCUT2D eigenvalue weighted by Crippen LogP contribution is 2.32. The lowest BCUT2D eigenvalue weighted by atomic mass is 10.5. The molecule has 1 heterocycles. The number of hydrogen-bond acceptors (Lipinski definition) is 4. The van der Waals surface area contributed by atoms with Crippen molar-refractivity contribution in [2.24, 2.45) is 5.92 Å². The van der Waals surface area contributed by atoms with Crippen LogP contribution in [0.5, 0.6) is 0 Å². The van der Waals surface area contributed by atoms with Crippen molar-refractivity contribution >= 4 is 17.6 Å².